The number of benzene rings is 4. The summed E-state index contributed by atoms with van der Waals surface area (Å²) in [4.78, 5) is 30.2. The van der Waals surface area contributed by atoms with Crippen LogP contribution in [0.3, 0.4) is 0 Å². The first-order chi connectivity index (χ1) is 40.4. The van der Waals surface area contributed by atoms with E-state index in [1.807, 2.05) is 99.2 Å². The van der Waals surface area contributed by atoms with Crippen molar-refractivity contribution in [3.8, 4) is 11.5 Å². The number of urea groups is 2. The number of aryl methyl sites for hydroxylation is 2. The Bertz CT molecular complexity index is 2720. The van der Waals surface area contributed by atoms with Crippen LogP contribution in [0.5, 0.6) is 11.5 Å². The Hall–Kier alpha value is -3.84. The average Bonchev–Trinajstić information content (AvgIpc) is 2.72. The molecule has 0 radical (unpaired) electrons. The van der Waals surface area contributed by atoms with Crippen LogP contribution >= 0.6 is 46.4 Å². The summed E-state index contributed by atoms with van der Waals surface area (Å²) < 4.78 is 67.6. The number of hydrogen-bond acceptors (Lipinski definition) is 12. The van der Waals surface area contributed by atoms with Gasteiger partial charge in [0.15, 0.2) is 0 Å². The Morgan fingerprint density at radius 1 is 0.548 bits per heavy atom. The SMILES string of the molecule is Cc1cc(S(=O)N2CC[C@H](COCCOCCNC(=O)NCCCCNC(=O)NCCOCCOC[C@H]3CCN(S(=O)c4ccc(O[C@H]5c6cc(Cl)cc(Cl)c6C[C@@H]5N(C)C)c(C)c4)C3)C2)ccc1O[C@H]1c2cc(Cl)cc(Cl)c2C[C@@H]1N(C)C. The molecule has 4 aliphatic rings. The zero-order valence-electron chi connectivity index (χ0n) is 49.0. The number of halogens is 4. The minimum absolute atomic E-state index is 0.0932. The molecule has 2 aliphatic heterocycles. The maximum Gasteiger partial charge on any atom is 0.314 e. The molecule has 0 bridgehead atoms. The van der Waals surface area contributed by atoms with Crippen LogP contribution in [0.1, 0.15) is 71.3 Å². The molecule has 18 nitrogen and oxygen atoms in total. The second kappa shape index (κ2) is 32.4. The lowest BCUT2D eigenvalue weighted by molar-refractivity contribution is 0.0366. The predicted molar refractivity (Wildman–Crippen MR) is 332 cm³/mol. The Labute approximate surface area is 520 Å². The first kappa shape index (κ1) is 66.1. The molecule has 8 rings (SSSR count). The van der Waals surface area contributed by atoms with Gasteiger partial charge in [0.05, 0.1) is 74.7 Å². The molecular formula is C60H82Cl4N8O10S2. The van der Waals surface area contributed by atoms with Gasteiger partial charge >= 0.3 is 12.1 Å². The lowest BCUT2D eigenvalue weighted by Gasteiger charge is -2.28. The zero-order valence-corrected chi connectivity index (χ0v) is 53.7. The molecule has 0 saturated carbocycles. The van der Waals surface area contributed by atoms with Crippen molar-refractivity contribution in [2.45, 2.75) is 86.5 Å². The van der Waals surface area contributed by atoms with Crippen molar-refractivity contribution in [1.82, 2.24) is 39.7 Å². The van der Waals surface area contributed by atoms with Gasteiger partial charge in [-0.1, -0.05) is 46.4 Å². The molecule has 2 heterocycles. The summed E-state index contributed by atoms with van der Waals surface area (Å²) in [5.74, 6) is 2.00. The Balaban J connectivity index is 0.580. The van der Waals surface area contributed by atoms with E-state index < -0.39 is 22.0 Å². The number of hydrogen-bond donors (Lipinski definition) is 4. The van der Waals surface area contributed by atoms with Crippen molar-refractivity contribution < 1.29 is 46.4 Å². The van der Waals surface area contributed by atoms with E-state index in [0.717, 1.165) is 80.4 Å². The molecule has 2 unspecified atom stereocenters. The van der Waals surface area contributed by atoms with Crippen LogP contribution in [0.2, 0.25) is 20.1 Å². The summed E-state index contributed by atoms with van der Waals surface area (Å²) in [5, 5.41) is 13.7. The molecule has 4 amide bonds. The fraction of sp³-hybridized carbons (Fsp3) is 0.567. The monoisotopic (exact) mass is 1280 g/mol. The van der Waals surface area contributed by atoms with Crippen molar-refractivity contribution in [2.75, 3.05) is 133 Å². The van der Waals surface area contributed by atoms with E-state index in [4.69, 9.17) is 74.8 Å². The molecule has 4 aromatic carbocycles. The Morgan fingerprint density at radius 3 is 1.33 bits per heavy atom. The third kappa shape index (κ3) is 18.4. The van der Waals surface area contributed by atoms with Crippen LogP contribution in [-0.2, 0) is 53.8 Å². The smallest absolute Gasteiger partial charge is 0.314 e. The number of ether oxygens (including phenoxy) is 6. The number of amides is 4. The van der Waals surface area contributed by atoms with Gasteiger partial charge in [-0.15, -0.1) is 0 Å². The largest absolute Gasteiger partial charge is 0.484 e. The number of likely N-dealkylation sites (N-methyl/N-ethyl adjacent to an activating group) is 2. The number of nitrogens with one attached hydrogen (secondary N) is 4. The fourth-order valence-corrected chi connectivity index (χ4v) is 15.0. The van der Waals surface area contributed by atoms with Crippen molar-refractivity contribution >= 4 is 80.4 Å². The van der Waals surface area contributed by atoms with E-state index in [1.165, 1.54) is 0 Å². The van der Waals surface area contributed by atoms with Crippen LogP contribution in [0, 0.1) is 25.7 Å². The van der Waals surface area contributed by atoms with Crippen LogP contribution in [0.4, 0.5) is 9.59 Å². The number of fused-ring (bicyclic) bond motifs is 2. The summed E-state index contributed by atoms with van der Waals surface area (Å²) in [7, 11) is 5.52. The van der Waals surface area contributed by atoms with Gasteiger partial charge < -0.3 is 59.5 Å². The molecule has 84 heavy (non-hydrogen) atoms. The first-order valence-electron chi connectivity index (χ1n) is 28.9. The van der Waals surface area contributed by atoms with Crippen LogP contribution in [0.25, 0.3) is 0 Å². The molecule has 4 N–H and O–H groups in total. The van der Waals surface area contributed by atoms with E-state index in [0.29, 0.717) is 138 Å². The molecule has 8 atom stereocenters. The third-order valence-corrected chi connectivity index (χ3v) is 19.7. The molecule has 0 spiro atoms. The molecular weight excluding hydrogens is 1200 g/mol. The van der Waals surface area contributed by atoms with Crippen molar-refractivity contribution in [3.05, 3.63) is 114 Å². The van der Waals surface area contributed by atoms with Gasteiger partial charge in [0.25, 0.3) is 0 Å². The fourth-order valence-electron chi connectivity index (χ4n) is 11.1. The molecule has 2 aliphatic carbocycles. The minimum Gasteiger partial charge on any atom is -0.484 e. The van der Waals surface area contributed by atoms with Gasteiger partial charge in [0.1, 0.15) is 45.7 Å². The van der Waals surface area contributed by atoms with Crippen LogP contribution < -0.4 is 30.7 Å². The Morgan fingerprint density at radius 2 is 0.940 bits per heavy atom. The number of carbonyl (C=O) groups is 2. The molecule has 2 saturated heterocycles. The van der Waals surface area contributed by atoms with Gasteiger partial charge in [0, 0.05) is 83.6 Å². The highest BCUT2D eigenvalue weighted by Crippen LogP contribution is 2.44. The molecule has 0 aromatic heterocycles. The van der Waals surface area contributed by atoms with Crippen LogP contribution in [0.15, 0.2) is 70.5 Å². The quantitative estimate of drug-likeness (QED) is 0.0352. The van der Waals surface area contributed by atoms with Crippen molar-refractivity contribution in [3.63, 3.8) is 0 Å². The zero-order chi connectivity index (χ0) is 59.9. The first-order valence-corrected chi connectivity index (χ1v) is 32.7. The summed E-state index contributed by atoms with van der Waals surface area (Å²) >= 11 is 25.9. The predicted octanol–water partition coefficient (Wildman–Crippen LogP) is 8.96. The summed E-state index contributed by atoms with van der Waals surface area (Å²) in [6, 6.07) is 18.6. The average molecular weight is 1280 g/mol. The second-order valence-electron chi connectivity index (χ2n) is 22.3. The second-order valence-corrected chi connectivity index (χ2v) is 27.0. The highest BCUT2D eigenvalue weighted by atomic mass is 35.5. The lowest BCUT2D eigenvalue weighted by Crippen LogP contribution is -2.39. The van der Waals surface area contributed by atoms with Gasteiger partial charge in [-0.25, -0.2) is 26.6 Å². The van der Waals surface area contributed by atoms with Gasteiger partial charge in [-0.05, 0) is 175 Å². The number of rotatable bonds is 31. The molecule has 2 fully saturated rings. The standard InChI is InChI=1S/C60H82Cl4N8O10S2/c1-39-27-45(9-11-55(39)81-57-49-29-43(61)31-51(63)47(49)33-53(57)69(3)4)83(75)71-19-13-41(35-71)37-79-25-23-77-21-17-67-59(73)65-15-7-8-16-66-60(74)68-18-22-78-24-26-80-38-42-14-20-72(36-42)84(76)46-10-12-56(40(2)28-46)82-58-50-30-44(62)32-52(64)48(50)34-54(58)70(5)6/h9-12,27-32,41-42,53-54,57-58H,7-8,13-26,33-38H2,1-6H3,(H2,65,67,73)(H2,66,68,74)/t41-,42-,53-,54-,57-,58-,83?,84?/m0/s1. The van der Waals surface area contributed by atoms with E-state index in [2.05, 4.69) is 31.1 Å². The maximum absolute atomic E-state index is 13.6. The summed E-state index contributed by atoms with van der Waals surface area (Å²) in [5.41, 5.74) is 5.94. The van der Waals surface area contributed by atoms with Gasteiger partial charge in [-0.2, -0.15) is 0 Å². The maximum atomic E-state index is 13.6. The minimum atomic E-state index is -1.31. The van der Waals surface area contributed by atoms with Crippen molar-refractivity contribution in [2.24, 2.45) is 11.8 Å². The Kier molecular flexibility index (Phi) is 25.5. The molecule has 462 valence electrons. The number of nitrogens with zero attached hydrogens (tertiary/aromatic N) is 4. The number of carbonyl (C=O) groups excluding carboxylic acids is 2. The van der Waals surface area contributed by atoms with Crippen LogP contribution in [-0.4, -0.2) is 184 Å². The highest BCUT2D eigenvalue weighted by Gasteiger charge is 2.40. The van der Waals surface area contributed by atoms with Gasteiger partial charge in [0.2, 0.25) is 0 Å². The lowest BCUT2D eigenvalue weighted by atomic mass is 10.1. The van der Waals surface area contributed by atoms with E-state index in [9.17, 15) is 18.0 Å². The van der Waals surface area contributed by atoms with Gasteiger partial charge in [-0.3, -0.25) is 0 Å². The van der Waals surface area contributed by atoms with E-state index in [1.54, 1.807) is 12.1 Å². The third-order valence-electron chi connectivity index (χ3n) is 15.7. The summed E-state index contributed by atoms with van der Waals surface area (Å²) in [6.45, 7) is 11.9. The number of unbranched alkanes of at least 4 members (excludes halogenated alkanes) is 1. The molecule has 24 heteroatoms. The van der Waals surface area contributed by atoms with Crippen molar-refractivity contribution in [1.29, 1.82) is 0 Å². The molecule has 4 aromatic rings. The topological polar surface area (TPSA) is 185 Å². The summed E-state index contributed by atoms with van der Waals surface area (Å²) in [6.07, 6.45) is 4.23. The highest BCUT2D eigenvalue weighted by molar-refractivity contribution is 7.83. The van der Waals surface area contributed by atoms with E-state index in [-0.39, 0.29) is 48.2 Å². The normalized spacial score (nSPS) is 21.2. The van der Waals surface area contributed by atoms with E-state index >= 15 is 0 Å².